The lowest BCUT2D eigenvalue weighted by atomic mass is 10.2. The summed E-state index contributed by atoms with van der Waals surface area (Å²) in [5.41, 5.74) is 9.08. The highest BCUT2D eigenvalue weighted by atomic mass is 16.2. The Balaban J connectivity index is 2.03. The van der Waals surface area contributed by atoms with Crippen LogP contribution in [0.1, 0.15) is 28.2 Å². The van der Waals surface area contributed by atoms with Crippen LogP contribution < -0.4 is 17.0 Å². The maximum Gasteiger partial charge on any atom is 0.331 e. The van der Waals surface area contributed by atoms with Crippen molar-refractivity contribution in [1.29, 1.82) is 0 Å². The second kappa shape index (κ2) is 7.49. The van der Waals surface area contributed by atoms with E-state index in [0.717, 1.165) is 16.8 Å². The Labute approximate surface area is 151 Å². The molecule has 134 valence electrons. The monoisotopic (exact) mass is 350 g/mol. The largest absolute Gasteiger partial charge is 0.331 e. The highest BCUT2D eigenvalue weighted by molar-refractivity contribution is 5.21. The van der Waals surface area contributed by atoms with Crippen molar-refractivity contribution < 1.29 is 0 Å². The lowest BCUT2D eigenvalue weighted by Gasteiger charge is -2.14. The van der Waals surface area contributed by atoms with Gasteiger partial charge in [-0.2, -0.15) is 0 Å². The fourth-order valence-electron chi connectivity index (χ4n) is 3.01. The summed E-state index contributed by atoms with van der Waals surface area (Å²) >= 11 is 0. The zero-order chi connectivity index (χ0) is 18.7. The van der Waals surface area contributed by atoms with Crippen molar-refractivity contribution in [2.24, 2.45) is 5.73 Å². The van der Waals surface area contributed by atoms with Gasteiger partial charge in [0, 0.05) is 24.0 Å². The lowest BCUT2D eigenvalue weighted by Crippen LogP contribution is -2.41. The van der Waals surface area contributed by atoms with Gasteiger partial charge in [0.2, 0.25) is 0 Å². The Morgan fingerprint density at radius 2 is 1.65 bits per heavy atom. The molecule has 1 aromatic carbocycles. The minimum absolute atomic E-state index is 0.126. The van der Waals surface area contributed by atoms with Crippen molar-refractivity contribution >= 4 is 0 Å². The Morgan fingerprint density at radius 1 is 0.923 bits per heavy atom. The van der Waals surface area contributed by atoms with Gasteiger partial charge in [-0.3, -0.25) is 18.9 Å². The smallest absolute Gasteiger partial charge is 0.326 e. The topological polar surface area (TPSA) is 82.9 Å². The fraction of sp³-hybridized carbons (Fsp3) is 0.250. The van der Waals surface area contributed by atoms with Crippen LogP contribution in [0.5, 0.6) is 0 Å². The average molecular weight is 350 g/mol. The predicted octanol–water partition coefficient (Wildman–Crippen LogP) is 1.58. The molecule has 3 aromatic rings. The van der Waals surface area contributed by atoms with E-state index in [9.17, 15) is 9.59 Å². The second-order valence-electron chi connectivity index (χ2n) is 6.38. The molecule has 0 spiro atoms. The molecule has 2 N–H and O–H groups in total. The number of aryl methyl sites for hydroxylation is 2. The number of nitrogens with zero attached hydrogens (tertiary/aromatic N) is 3. The third-order valence-electron chi connectivity index (χ3n) is 4.29. The maximum atomic E-state index is 12.9. The first-order valence-corrected chi connectivity index (χ1v) is 8.49. The molecule has 0 saturated carbocycles. The first-order valence-electron chi connectivity index (χ1n) is 8.49. The summed E-state index contributed by atoms with van der Waals surface area (Å²) in [6.45, 7) is 4.57. The van der Waals surface area contributed by atoms with E-state index in [4.69, 9.17) is 5.73 Å². The van der Waals surface area contributed by atoms with Crippen LogP contribution in [0.15, 0.2) is 58.1 Å². The molecule has 0 fully saturated rings. The van der Waals surface area contributed by atoms with E-state index in [2.05, 4.69) is 4.98 Å². The van der Waals surface area contributed by atoms with Crippen molar-refractivity contribution in [2.75, 3.05) is 0 Å². The zero-order valence-electron chi connectivity index (χ0n) is 15.0. The highest BCUT2D eigenvalue weighted by Crippen LogP contribution is 2.06. The van der Waals surface area contributed by atoms with Crippen LogP contribution >= 0.6 is 0 Å². The van der Waals surface area contributed by atoms with E-state index in [0.29, 0.717) is 24.5 Å². The van der Waals surface area contributed by atoms with Crippen molar-refractivity contribution in [3.63, 3.8) is 0 Å². The molecule has 0 atom stereocenters. The summed E-state index contributed by atoms with van der Waals surface area (Å²) in [7, 11) is 0. The molecule has 0 unspecified atom stereocenters. The number of pyridine rings is 1. The molecule has 0 bridgehead atoms. The first-order chi connectivity index (χ1) is 12.5. The van der Waals surface area contributed by atoms with Gasteiger partial charge in [0.05, 0.1) is 18.8 Å². The molecule has 0 radical (unpaired) electrons. The average Bonchev–Trinajstić information content (AvgIpc) is 2.62. The fourth-order valence-corrected chi connectivity index (χ4v) is 3.01. The van der Waals surface area contributed by atoms with E-state index < -0.39 is 0 Å². The quantitative estimate of drug-likeness (QED) is 0.757. The number of hydrogen-bond donors (Lipinski definition) is 1. The predicted molar refractivity (Wildman–Crippen MR) is 101 cm³/mol. The summed E-state index contributed by atoms with van der Waals surface area (Å²) in [6, 6.07) is 14.9. The first kappa shape index (κ1) is 17.8. The van der Waals surface area contributed by atoms with E-state index in [1.54, 1.807) is 11.5 Å². The van der Waals surface area contributed by atoms with Crippen LogP contribution in [-0.2, 0) is 19.6 Å². The van der Waals surface area contributed by atoms with Crippen molar-refractivity contribution in [2.45, 2.75) is 33.5 Å². The highest BCUT2D eigenvalue weighted by Gasteiger charge is 2.11. The number of rotatable bonds is 5. The molecular formula is C20H22N4O2. The van der Waals surface area contributed by atoms with Crippen LogP contribution in [0.2, 0.25) is 0 Å². The SMILES string of the molecule is Cc1cc(CN)cc(Cn2c(=O)cc(C)n(Cc3ccccc3)c2=O)n1. The Morgan fingerprint density at radius 3 is 2.35 bits per heavy atom. The summed E-state index contributed by atoms with van der Waals surface area (Å²) < 4.78 is 2.83. The molecule has 3 rings (SSSR count). The van der Waals surface area contributed by atoms with Crippen LogP contribution in [-0.4, -0.2) is 14.1 Å². The second-order valence-corrected chi connectivity index (χ2v) is 6.38. The van der Waals surface area contributed by atoms with Crippen LogP contribution in [0.25, 0.3) is 0 Å². The van der Waals surface area contributed by atoms with Gasteiger partial charge in [-0.1, -0.05) is 30.3 Å². The third kappa shape index (κ3) is 3.81. The molecule has 0 aliphatic rings. The molecular weight excluding hydrogens is 328 g/mol. The number of nitrogens with two attached hydrogens (primary N) is 1. The molecule has 2 aromatic heterocycles. The Hall–Kier alpha value is -2.99. The van der Waals surface area contributed by atoms with E-state index in [-0.39, 0.29) is 17.8 Å². The molecule has 2 heterocycles. The van der Waals surface area contributed by atoms with Gasteiger partial charge in [-0.15, -0.1) is 0 Å². The van der Waals surface area contributed by atoms with E-state index in [1.165, 1.54) is 10.6 Å². The summed E-state index contributed by atoms with van der Waals surface area (Å²) in [5, 5.41) is 0. The van der Waals surface area contributed by atoms with Gasteiger partial charge in [0.1, 0.15) is 0 Å². The minimum atomic E-state index is -0.337. The molecule has 0 aliphatic carbocycles. The Kier molecular flexibility index (Phi) is 5.14. The van der Waals surface area contributed by atoms with Crippen molar-refractivity contribution in [3.8, 4) is 0 Å². The van der Waals surface area contributed by atoms with Gasteiger partial charge in [-0.25, -0.2) is 4.79 Å². The molecule has 0 aliphatic heterocycles. The normalized spacial score (nSPS) is 10.9. The van der Waals surface area contributed by atoms with Crippen LogP contribution in [0.3, 0.4) is 0 Å². The minimum Gasteiger partial charge on any atom is -0.326 e. The van der Waals surface area contributed by atoms with Gasteiger partial charge in [0.25, 0.3) is 5.56 Å². The Bertz CT molecular complexity index is 1040. The summed E-state index contributed by atoms with van der Waals surface area (Å²) in [5.74, 6) is 0. The molecule has 6 heteroatoms. The van der Waals surface area contributed by atoms with E-state index in [1.807, 2.05) is 49.4 Å². The molecule has 0 saturated heterocycles. The third-order valence-corrected chi connectivity index (χ3v) is 4.29. The summed E-state index contributed by atoms with van der Waals surface area (Å²) in [4.78, 5) is 29.8. The molecule has 26 heavy (non-hydrogen) atoms. The van der Waals surface area contributed by atoms with Crippen molar-refractivity contribution in [1.82, 2.24) is 14.1 Å². The lowest BCUT2D eigenvalue weighted by molar-refractivity contribution is 0.591. The number of hydrogen-bond acceptors (Lipinski definition) is 4. The van der Waals surface area contributed by atoms with E-state index >= 15 is 0 Å². The summed E-state index contributed by atoms with van der Waals surface area (Å²) in [6.07, 6.45) is 0. The number of benzene rings is 1. The van der Waals surface area contributed by atoms with Crippen LogP contribution in [0.4, 0.5) is 0 Å². The van der Waals surface area contributed by atoms with Gasteiger partial charge in [-0.05, 0) is 37.1 Å². The van der Waals surface area contributed by atoms with Gasteiger partial charge < -0.3 is 5.73 Å². The van der Waals surface area contributed by atoms with Gasteiger partial charge >= 0.3 is 5.69 Å². The van der Waals surface area contributed by atoms with Crippen molar-refractivity contribution in [3.05, 3.63) is 97.6 Å². The number of aromatic nitrogens is 3. The van der Waals surface area contributed by atoms with Crippen LogP contribution in [0, 0.1) is 13.8 Å². The molecule has 6 nitrogen and oxygen atoms in total. The maximum absolute atomic E-state index is 12.9. The standard InChI is InChI=1S/C20H22N4O2/c1-14-8-17(11-21)10-18(22-14)13-24-19(25)9-15(2)23(20(24)26)12-16-6-4-3-5-7-16/h3-10H,11-13,21H2,1-2H3. The zero-order valence-corrected chi connectivity index (χ0v) is 15.0. The molecule has 0 amide bonds. The van der Waals surface area contributed by atoms with Gasteiger partial charge in [0.15, 0.2) is 0 Å².